The summed E-state index contributed by atoms with van der Waals surface area (Å²) in [6.07, 6.45) is 2.96. The second-order valence-corrected chi connectivity index (χ2v) is 2.37. The topological polar surface area (TPSA) is 75.9 Å². The van der Waals surface area contributed by atoms with Gasteiger partial charge in [-0.1, -0.05) is 0 Å². The van der Waals surface area contributed by atoms with Crippen LogP contribution in [-0.2, 0) is 0 Å². The summed E-state index contributed by atoms with van der Waals surface area (Å²) in [7, 11) is 0. The molecule has 1 radical (unpaired) electrons. The molecule has 0 aromatic carbocycles. The van der Waals surface area contributed by atoms with Gasteiger partial charge in [-0.15, -0.1) is 20.7 Å². The quantitative estimate of drug-likeness (QED) is 0.509. The molecule has 1 atom stereocenters. The molecule has 55 valence electrons. The van der Waals surface area contributed by atoms with Crippen molar-refractivity contribution < 1.29 is 0 Å². The van der Waals surface area contributed by atoms with Crippen LogP contribution in [0.4, 0.5) is 0 Å². The zero-order valence-electron chi connectivity index (χ0n) is 5.84. The van der Waals surface area contributed by atoms with Crippen molar-refractivity contribution >= 4 is 18.4 Å². The predicted molar refractivity (Wildman–Crippen MR) is 39.8 cm³/mol. The number of rotatable bonds is 1. The molecule has 6 nitrogen and oxygen atoms in total. The van der Waals surface area contributed by atoms with E-state index in [4.69, 9.17) is 0 Å². The van der Waals surface area contributed by atoms with Crippen LogP contribution >= 0.6 is 0 Å². The van der Waals surface area contributed by atoms with E-state index < -0.39 is 5.54 Å². The van der Waals surface area contributed by atoms with Gasteiger partial charge in [0.25, 0.3) is 0 Å². The molecular formula is C5H5N6. The molecule has 2 aliphatic rings. The van der Waals surface area contributed by atoms with Crippen molar-refractivity contribution in [1.29, 1.82) is 0 Å². The van der Waals surface area contributed by atoms with E-state index in [1.54, 1.807) is 6.21 Å². The molecule has 0 saturated heterocycles. The van der Waals surface area contributed by atoms with Crippen LogP contribution in [0.25, 0.3) is 0 Å². The molecule has 0 bridgehead atoms. The number of hydrogen-bond acceptors (Lipinski definition) is 5. The summed E-state index contributed by atoms with van der Waals surface area (Å²) < 4.78 is 0. The molecule has 1 unspecified atom stereocenters. The van der Waals surface area contributed by atoms with Gasteiger partial charge in [-0.3, -0.25) is 0 Å². The molecule has 0 aliphatic carbocycles. The molecule has 0 aromatic rings. The van der Waals surface area contributed by atoms with E-state index in [0.29, 0.717) is 5.84 Å². The lowest BCUT2D eigenvalue weighted by atomic mass is 10.1. The van der Waals surface area contributed by atoms with Gasteiger partial charge in [0.15, 0.2) is 11.4 Å². The van der Waals surface area contributed by atoms with Gasteiger partial charge in [-0.2, -0.15) is 0 Å². The zero-order valence-corrected chi connectivity index (χ0v) is 5.84. The highest BCUT2D eigenvalue weighted by Gasteiger charge is 2.33. The fraction of sp³-hybridized carbons (Fsp3) is 0.400. The Kier molecular flexibility index (Phi) is 1.09. The Hall–Kier alpha value is -1.59. The summed E-state index contributed by atoms with van der Waals surface area (Å²) in [5.74, 6) is 0.530. The maximum atomic E-state index is 3.90. The molecule has 0 saturated carbocycles. The van der Waals surface area contributed by atoms with Crippen molar-refractivity contribution in [2.45, 2.75) is 12.5 Å². The first-order valence-electron chi connectivity index (χ1n) is 3.08. The summed E-state index contributed by atoms with van der Waals surface area (Å²) in [5, 5.41) is 14.7. The molecular weight excluding hydrogens is 144 g/mol. The van der Waals surface area contributed by atoms with Crippen LogP contribution in [0.5, 0.6) is 0 Å². The number of nitrogens with zero attached hydrogens (tertiary/aromatic N) is 6. The lowest BCUT2D eigenvalue weighted by Crippen LogP contribution is -2.30. The lowest BCUT2D eigenvalue weighted by Gasteiger charge is -2.09. The lowest BCUT2D eigenvalue weighted by molar-refractivity contribution is 0.794. The Balaban J connectivity index is 2.33. The molecule has 0 spiro atoms. The minimum absolute atomic E-state index is 0.530. The van der Waals surface area contributed by atoms with E-state index in [-0.39, 0.29) is 0 Å². The highest BCUT2D eigenvalue weighted by molar-refractivity contribution is 6.10. The first-order valence-corrected chi connectivity index (χ1v) is 3.08. The Bertz CT molecular complexity index is 273. The fourth-order valence-electron chi connectivity index (χ4n) is 0.804. The molecule has 2 aliphatic heterocycles. The Morgan fingerprint density at radius 3 is 2.91 bits per heavy atom. The van der Waals surface area contributed by atoms with Crippen LogP contribution in [0, 0.1) is 0 Å². The molecule has 0 fully saturated rings. The van der Waals surface area contributed by atoms with Crippen molar-refractivity contribution in [3.05, 3.63) is 0 Å². The SMILES string of the molecule is CC1(C2=N[N]C=N2)C=NN=N1. The van der Waals surface area contributed by atoms with Gasteiger partial charge in [0.2, 0.25) is 0 Å². The average Bonchev–Trinajstić information content (AvgIpc) is 2.55. The van der Waals surface area contributed by atoms with E-state index in [1.165, 1.54) is 6.34 Å². The van der Waals surface area contributed by atoms with Gasteiger partial charge in [-0.05, 0) is 12.1 Å². The largest absolute Gasteiger partial charge is 0.215 e. The van der Waals surface area contributed by atoms with E-state index in [9.17, 15) is 0 Å². The van der Waals surface area contributed by atoms with Crippen molar-refractivity contribution in [1.82, 2.24) is 5.43 Å². The second-order valence-electron chi connectivity index (χ2n) is 2.37. The van der Waals surface area contributed by atoms with E-state index in [0.717, 1.165) is 0 Å². The molecule has 0 N–H and O–H groups in total. The van der Waals surface area contributed by atoms with Crippen molar-refractivity contribution in [3.8, 4) is 0 Å². The first kappa shape index (κ1) is 6.14. The molecule has 11 heavy (non-hydrogen) atoms. The van der Waals surface area contributed by atoms with Crippen LogP contribution in [0.15, 0.2) is 25.5 Å². The van der Waals surface area contributed by atoms with Crippen LogP contribution in [0.1, 0.15) is 6.92 Å². The highest BCUT2D eigenvalue weighted by Crippen LogP contribution is 2.17. The molecule has 2 rings (SSSR count). The number of aliphatic imine (C=N–C) groups is 1. The van der Waals surface area contributed by atoms with Gasteiger partial charge in [0.05, 0.1) is 6.21 Å². The first-order chi connectivity index (χ1) is 5.31. The summed E-state index contributed by atoms with van der Waals surface area (Å²) in [6, 6.07) is 0. The highest BCUT2D eigenvalue weighted by atomic mass is 15.5. The third kappa shape index (κ3) is 0.830. The van der Waals surface area contributed by atoms with Crippen molar-refractivity contribution in [3.63, 3.8) is 0 Å². The Morgan fingerprint density at radius 1 is 1.45 bits per heavy atom. The summed E-state index contributed by atoms with van der Waals surface area (Å²) in [6.45, 7) is 1.82. The summed E-state index contributed by atoms with van der Waals surface area (Å²) >= 11 is 0. The Labute approximate surface area is 62.8 Å². The fourth-order valence-corrected chi connectivity index (χ4v) is 0.804. The van der Waals surface area contributed by atoms with E-state index >= 15 is 0 Å². The van der Waals surface area contributed by atoms with Crippen molar-refractivity contribution in [2.75, 3.05) is 0 Å². The second kappa shape index (κ2) is 1.94. The third-order valence-electron chi connectivity index (χ3n) is 1.45. The minimum atomic E-state index is -0.601. The predicted octanol–water partition coefficient (Wildman–Crippen LogP) is 0.156. The summed E-state index contributed by atoms with van der Waals surface area (Å²) in [5.41, 5.74) is 2.99. The maximum absolute atomic E-state index is 3.90. The van der Waals surface area contributed by atoms with Crippen LogP contribution in [0.3, 0.4) is 0 Å². The molecule has 2 heterocycles. The Morgan fingerprint density at radius 2 is 2.36 bits per heavy atom. The number of hydrogen-bond donors (Lipinski definition) is 0. The van der Waals surface area contributed by atoms with Gasteiger partial charge in [-0.25, -0.2) is 4.99 Å². The van der Waals surface area contributed by atoms with Gasteiger partial charge >= 0.3 is 0 Å². The monoisotopic (exact) mass is 149 g/mol. The third-order valence-corrected chi connectivity index (χ3v) is 1.45. The maximum Gasteiger partial charge on any atom is 0.187 e. The van der Waals surface area contributed by atoms with Crippen LogP contribution in [-0.4, -0.2) is 23.9 Å². The van der Waals surface area contributed by atoms with Crippen LogP contribution < -0.4 is 5.43 Å². The normalized spacial score (nSPS) is 32.6. The summed E-state index contributed by atoms with van der Waals surface area (Å²) in [4.78, 5) is 3.90. The standard InChI is InChI=1S/C5H5N6/c1-5(2-7-11-10-5)4-6-3-8-9-4/h2-3H,1H3. The van der Waals surface area contributed by atoms with Crippen LogP contribution in [0.2, 0.25) is 0 Å². The minimum Gasteiger partial charge on any atom is -0.215 e. The molecule has 0 amide bonds. The molecule has 6 heteroatoms. The zero-order chi connectivity index (χ0) is 7.73. The number of amidine groups is 1. The average molecular weight is 149 g/mol. The van der Waals surface area contributed by atoms with Gasteiger partial charge in [0.1, 0.15) is 6.34 Å². The smallest absolute Gasteiger partial charge is 0.187 e. The molecule has 0 aromatic heterocycles. The van der Waals surface area contributed by atoms with Gasteiger partial charge < -0.3 is 0 Å². The van der Waals surface area contributed by atoms with Crippen molar-refractivity contribution in [2.24, 2.45) is 25.5 Å². The van der Waals surface area contributed by atoms with Gasteiger partial charge in [0, 0.05) is 0 Å². The van der Waals surface area contributed by atoms with E-state index in [2.05, 4.69) is 31.0 Å². The van der Waals surface area contributed by atoms with E-state index in [1.807, 2.05) is 6.92 Å².